The number of aryl methyl sites for hydroxylation is 1. The summed E-state index contributed by atoms with van der Waals surface area (Å²) in [6.07, 6.45) is 4.57. The van der Waals surface area contributed by atoms with Gasteiger partial charge in [0.05, 0.1) is 14.2 Å². The van der Waals surface area contributed by atoms with Crippen molar-refractivity contribution in [2.45, 2.75) is 32.6 Å². The van der Waals surface area contributed by atoms with Gasteiger partial charge in [0.25, 0.3) is 0 Å². The van der Waals surface area contributed by atoms with Crippen molar-refractivity contribution < 1.29 is 9.47 Å². The van der Waals surface area contributed by atoms with Crippen molar-refractivity contribution in [2.24, 2.45) is 10.9 Å². The standard InChI is InChI=1S/C19H31N3O2/c1-15-9-12-22(13-10-15)19(20-2)21-11-5-6-16-7-8-17(23-3)18(14-16)24-4/h7-8,14-15H,5-6,9-13H2,1-4H3,(H,20,21). The predicted molar refractivity (Wildman–Crippen MR) is 99.2 cm³/mol. The average Bonchev–Trinajstić information content (AvgIpc) is 2.62. The molecular weight excluding hydrogens is 302 g/mol. The highest BCUT2D eigenvalue weighted by atomic mass is 16.5. The van der Waals surface area contributed by atoms with E-state index in [9.17, 15) is 0 Å². The summed E-state index contributed by atoms with van der Waals surface area (Å²) in [5.41, 5.74) is 1.26. The van der Waals surface area contributed by atoms with Crippen LogP contribution in [0.2, 0.25) is 0 Å². The Balaban J connectivity index is 1.77. The van der Waals surface area contributed by atoms with Crippen LogP contribution in [0.1, 0.15) is 31.7 Å². The van der Waals surface area contributed by atoms with Crippen molar-refractivity contribution in [1.82, 2.24) is 10.2 Å². The Morgan fingerprint density at radius 3 is 2.54 bits per heavy atom. The first kappa shape index (κ1) is 18.4. The van der Waals surface area contributed by atoms with Crippen molar-refractivity contribution in [3.63, 3.8) is 0 Å². The zero-order valence-electron chi connectivity index (χ0n) is 15.5. The number of likely N-dealkylation sites (tertiary alicyclic amines) is 1. The fraction of sp³-hybridized carbons (Fsp3) is 0.632. The van der Waals surface area contributed by atoms with E-state index in [4.69, 9.17) is 9.47 Å². The topological polar surface area (TPSA) is 46.1 Å². The van der Waals surface area contributed by atoms with Crippen LogP contribution in [0.3, 0.4) is 0 Å². The lowest BCUT2D eigenvalue weighted by Crippen LogP contribution is -2.45. The molecule has 1 aromatic carbocycles. The van der Waals surface area contributed by atoms with Crippen LogP contribution in [0.15, 0.2) is 23.2 Å². The smallest absolute Gasteiger partial charge is 0.193 e. The Morgan fingerprint density at radius 1 is 1.21 bits per heavy atom. The minimum atomic E-state index is 0.777. The van der Waals surface area contributed by atoms with E-state index in [1.807, 2.05) is 13.1 Å². The van der Waals surface area contributed by atoms with Crippen molar-refractivity contribution in [3.8, 4) is 11.5 Å². The molecule has 0 atom stereocenters. The minimum absolute atomic E-state index is 0.777. The van der Waals surface area contributed by atoms with Gasteiger partial charge in [0.1, 0.15) is 0 Å². The summed E-state index contributed by atoms with van der Waals surface area (Å²) >= 11 is 0. The first-order valence-electron chi connectivity index (χ1n) is 8.84. The van der Waals surface area contributed by atoms with Gasteiger partial charge in [-0.2, -0.15) is 0 Å². The summed E-state index contributed by atoms with van der Waals surface area (Å²) in [5, 5.41) is 3.50. The van der Waals surface area contributed by atoms with Gasteiger partial charge in [-0.1, -0.05) is 13.0 Å². The molecule has 2 rings (SSSR count). The van der Waals surface area contributed by atoms with Crippen LogP contribution in [0.5, 0.6) is 11.5 Å². The Morgan fingerprint density at radius 2 is 1.92 bits per heavy atom. The van der Waals surface area contributed by atoms with Gasteiger partial charge in [0.15, 0.2) is 17.5 Å². The van der Waals surface area contributed by atoms with Crippen LogP contribution in [0.25, 0.3) is 0 Å². The van der Waals surface area contributed by atoms with E-state index < -0.39 is 0 Å². The summed E-state index contributed by atoms with van der Waals surface area (Å²) in [7, 11) is 5.20. The number of ether oxygens (including phenoxy) is 2. The third kappa shape index (κ3) is 5.05. The molecule has 0 bridgehead atoms. The third-order valence-electron chi connectivity index (χ3n) is 4.67. The van der Waals surface area contributed by atoms with Crippen LogP contribution in [-0.2, 0) is 6.42 Å². The highest BCUT2D eigenvalue weighted by Crippen LogP contribution is 2.27. The van der Waals surface area contributed by atoms with Crippen LogP contribution in [0.4, 0.5) is 0 Å². The van der Waals surface area contributed by atoms with Gasteiger partial charge in [0.2, 0.25) is 0 Å². The molecule has 24 heavy (non-hydrogen) atoms. The monoisotopic (exact) mass is 333 g/mol. The number of benzene rings is 1. The number of rotatable bonds is 6. The Labute approximate surface area is 146 Å². The van der Waals surface area contributed by atoms with Gasteiger partial charge in [-0.05, 0) is 49.3 Å². The molecule has 1 aliphatic rings. The maximum atomic E-state index is 5.36. The summed E-state index contributed by atoms with van der Waals surface area (Å²) in [6.45, 7) is 5.47. The largest absolute Gasteiger partial charge is 0.493 e. The van der Waals surface area contributed by atoms with E-state index in [-0.39, 0.29) is 0 Å². The molecule has 5 heteroatoms. The molecule has 0 saturated carbocycles. The van der Waals surface area contributed by atoms with Crippen LogP contribution in [-0.4, -0.2) is 51.8 Å². The third-order valence-corrected chi connectivity index (χ3v) is 4.67. The SMILES string of the molecule is CN=C(NCCCc1ccc(OC)c(OC)c1)N1CCC(C)CC1. The molecule has 1 heterocycles. The highest BCUT2D eigenvalue weighted by Gasteiger charge is 2.18. The first-order chi connectivity index (χ1) is 11.7. The molecule has 1 aromatic rings. The summed E-state index contributed by atoms with van der Waals surface area (Å²) in [6, 6.07) is 6.12. The van der Waals surface area contributed by atoms with Crippen LogP contribution < -0.4 is 14.8 Å². The number of hydrogen-bond donors (Lipinski definition) is 1. The van der Waals surface area contributed by atoms with Gasteiger partial charge >= 0.3 is 0 Å². The van der Waals surface area contributed by atoms with Crippen LogP contribution in [0, 0.1) is 5.92 Å². The zero-order valence-corrected chi connectivity index (χ0v) is 15.5. The molecule has 5 nitrogen and oxygen atoms in total. The summed E-state index contributed by atoms with van der Waals surface area (Å²) < 4.78 is 10.6. The van der Waals surface area contributed by atoms with Crippen molar-refractivity contribution in [3.05, 3.63) is 23.8 Å². The number of nitrogens with zero attached hydrogens (tertiary/aromatic N) is 2. The predicted octanol–water partition coefficient (Wildman–Crippen LogP) is 2.94. The van der Waals surface area contributed by atoms with Gasteiger partial charge in [0, 0.05) is 26.7 Å². The molecule has 1 aliphatic heterocycles. The second-order valence-corrected chi connectivity index (χ2v) is 6.44. The zero-order chi connectivity index (χ0) is 17.4. The maximum Gasteiger partial charge on any atom is 0.193 e. The maximum absolute atomic E-state index is 5.36. The van der Waals surface area contributed by atoms with Crippen molar-refractivity contribution >= 4 is 5.96 Å². The lowest BCUT2D eigenvalue weighted by atomic mass is 9.99. The van der Waals surface area contributed by atoms with Gasteiger partial charge in [-0.25, -0.2) is 0 Å². The average molecular weight is 333 g/mol. The van der Waals surface area contributed by atoms with E-state index in [0.717, 1.165) is 55.9 Å². The summed E-state index contributed by atoms with van der Waals surface area (Å²) in [4.78, 5) is 6.80. The molecule has 1 fully saturated rings. The van der Waals surface area contributed by atoms with E-state index in [1.54, 1.807) is 14.2 Å². The number of hydrogen-bond acceptors (Lipinski definition) is 3. The number of nitrogens with one attached hydrogen (secondary N) is 1. The van der Waals surface area contributed by atoms with E-state index in [0.29, 0.717) is 0 Å². The number of methoxy groups -OCH3 is 2. The van der Waals surface area contributed by atoms with E-state index >= 15 is 0 Å². The van der Waals surface area contributed by atoms with Crippen molar-refractivity contribution in [1.29, 1.82) is 0 Å². The summed E-state index contributed by atoms with van der Waals surface area (Å²) in [5.74, 6) is 3.44. The fourth-order valence-electron chi connectivity index (χ4n) is 3.08. The molecule has 0 aliphatic carbocycles. The molecule has 1 saturated heterocycles. The van der Waals surface area contributed by atoms with Crippen LogP contribution >= 0.6 is 0 Å². The lowest BCUT2D eigenvalue weighted by Gasteiger charge is -2.32. The molecule has 0 unspecified atom stereocenters. The molecule has 0 amide bonds. The molecule has 0 radical (unpaired) electrons. The van der Waals surface area contributed by atoms with Gasteiger partial charge in [-0.3, -0.25) is 4.99 Å². The van der Waals surface area contributed by atoms with Crippen molar-refractivity contribution in [2.75, 3.05) is 40.9 Å². The van der Waals surface area contributed by atoms with E-state index in [2.05, 4.69) is 34.3 Å². The Kier molecular flexibility index (Phi) is 7.22. The fourth-order valence-corrected chi connectivity index (χ4v) is 3.08. The van der Waals surface area contributed by atoms with E-state index in [1.165, 1.54) is 18.4 Å². The molecule has 1 N–H and O–H groups in total. The number of aliphatic imine (C=N–C) groups is 1. The molecule has 0 spiro atoms. The Bertz CT molecular complexity index is 537. The number of guanidine groups is 1. The Hall–Kier alpha value is -1.91. The molecule has 134 valence electrons. The minimum Gasteiger partial charge on any atom is -0.493 e. The second-order valence-electron chi connectivity index (χ2n) is 6.44. The van der Waals surface area contributed by atoms with Gasteiger partial charge in [-0.15, -0.1) is 0 Å². The number of piperidine rings is 1. The normalized spacial score (nSPS) is 16.2. The molecular formula is C19H31N3O2. The quantitative estimate of drug-likeness (QED) is 0.494. The lowest BCUT2D eigenvalue weighted by molar-refractivity contribution is 0.273. The highest BCUT2D eigenvalue weighted by molar-refractivity contribution is 5.79. The second kappa shape index (κ2) is 9.40. The first-order valence-corrected chi connectivity index (χ1v) is 8.84. The molecule has 0 aromatic heterocycles. The van der Waals surface area contributed by atoms with Gasteiger partial charge < -0.3 is 19.7 Å².